The van der Waals surface area contributed by atoms with E-state index in [1.807, 2.05) is 18.2 Å². The van der Waals surface area contributed by atoms with Crippen molar-refractivity contribution in [3.8, 4) is 17.6 Å². The molecule has 3 aromatic rings. The van der Waals surface area contributed by atoms with Crippen LogP contribution in [0.25, 0.3) is 6.08 Å². The second-order valence-electron chi connectivity index (χ2n) is 7.71. The Balaban J connectivity index is 1.87. The van der Waals surface area contributed by atoms with Crippen LogP contribution in [0.2, 0.25) is 0 Å². The van der Waals surface area contributed by atoms with E-state index in [4.69, 9.17) is 19.5 Å². The number of esters is 1. The average molecular weight is 568 g/mol. The van der Waals surface area contributed by atoms with Crippen molar-refractivity contribution in [2.75, 3.05) is 20.3 Å². The summed E-state index contributed by atoms with van der Waals surface area (Å²) in [6.07, 6.45) is 1.77. The summed E-state index contributed by atoms with van der Waals surface area (Å²) in [7, 11) is 1.57. The summed E-state index contributed by atoms with van der Waals surface area (Å²) in [5.41, 5.74) is 2.04. The van der Waals surface area contributed by atoms with Gasteiger partial charge in [-0.2, -0.15) is 5.26 Å². The molecule has 0 saturated carbocycles. The number of hydrogen-bond acceptors (Lipinski definition) is 8. The molecule has 0 N–H and O–H groups in total. The van der Waals surface area contributed by atoms with Gasteiger partial charge in [0.25, 0.3) is 5.56 Å². The van der Waals surface area contributed by atoms with Crippen LogP contribution in [-0.2, 0) is 9.53 Å². The maximum absolute atomic E-state index is 13.7. The highest BCUT2D eigenvalue weighted by Crippen LogP contribution is 2.35. The topological polar surface area (TPSA) is 103 Å². The molecule has 0 aliphatic carbocycles. The van der Waals surface area contributed by atoms with Gasteiger partial charge >= 0.3 is 5.97 Å². The molecule has 0 fully saturated rings. The van der Waals surface area contributed by atoms with Crippen molar-refractivity contribution in [2.45, 2.75) is 19.9 Å². The number of carbonyl (C=O) groups is 1. The molecule has 0 bridgehead atoms. The van der Waals surface area contributed by atoms with Crippen molar-refractivity contribution in [3.05, 3.63) is 89.0 Å². The summed E-state index contributed by atoms with van der Waals surface area (Å²) in [5, 5.41) is 8.67. The van der Waals surface area contributed by atoms with Crippen molar-refractivity contribution < 1.29 is 19.0 Å². The van der Waals surface area contributed by atoms with E-state index in [0.29, 0.717) is 42.1 Å². The van der Waals surface area contributed by atoms with Crippen LogP contribution >= 0.6 is 27.3 Å². The first kappa shape index (κ1) is 25.4. The number of nitrogens with zero attached hydrogens (tertiary/aromatic N) is 3. The SMILES string of the molecule is CCOC(=O)C1=C(C)N=c2s/c(=C/c3ccc(OCC#N)cc3)c(=O)n2[C@H]1c1ccc(OC)c(Br)c1. The minimum absolute atomic E-state index is 0.0401. The van der Waals surface area contributed by atoms with E-state index in [0.717, 1.165) is 5.56 Å². The number of thiazole rings is 1. The second kappa shape index (κ2) is 10.9. The predicted octanol–water partition coefficient (Wildman–Crippen LogP) is 3.47. The Labute approximate surface area is 219 Å². The summed E-state index contributed by atoms with van der Waals surface area (Å²) in [4.78, 5) is 31.7. The van der Waals surface area contributed by atoms with E-state index in [2.05, 4.69) is 20.9 Å². The lowest BCUT2D eigenvalue weighted by Gasteiger charge is -2.25. The smallest absolute Gasteiger partial charge is 0.338 e. The quantitative estimate of drug-likeness (QED) is 0.405. The Morgan fingerprint density at radius 3 is 2.67 bits per heavy atom. The first-order valence-electron chi connectivity index (χ1n) is 11.0. The molecule has 1 aliphatic rings. The third-order valence-electron chi connectivity index (χ3n) is 5.49. The van der Waals surface area contributed by atoms with Crippen LogP contribution in [0.5, 0.6) is 11.5 Å². The zero-order valence-electron chi connectivity index (χ0n) is 19.8. The molecule has 184 valence electrons. The number of ether oxygens (including phenoxy) is 3. The molecule has 10 heteroatoms. The number of allylic oxidation sites excluding steroid dienone is 1. The summed E-state index contributed by atoms with van der Waals surface area (Å²) in [6.45, 7) is 3.64. The molecular weight excluding hydrogens is 546 g/mol. The number of rotatable bonds is 7. The van der Waals surface area contributed by atoms with E-state index >= 15 is 0 Å². The molecule has 0 saturated heterocycles. The fourth-order valence-electron chi connectivity index (χ4n) is 3.89. The Morgan fingerprint density at radius 2 is 2.03 bits per heavy atom. The third kappa shape index (κ3) is 4.98. The zero-order valence-corrected chi connectivity index (χ0v) is 22.2. The maximum atomic E-state index is 13.7. The highest BCUT2D eigenvalue weighted by Gasteiger charge is 2.33. The van der Waals surface area contributed by atoms with E-state index < -0.39 is 12.0 Å². The van der Waals surface area contributed by atoms with Crippen LogP contribution in [0.4, 0.5) is 0 Å². The van der Waals surface area contributed by atoms with E-state index in [-0.39, 0.29) is 18.8 Å². The first-order chi connectivity index (χ1) is 17.4. The fourth-order valence-corrected chi connectivity index (χ4v) is 5.49. The Morgan fingerprint density at radius 1 is 1.28 bits per heavy atom. The van der Waals surface area contributed by atoms with Crippen LogP contribution in [0, 0.1) is 11.3 Å². The number of hydrogen-bond donors (Lipinski definition) is 0. The monoisotopic (exact) mass is 567 g/mol. The van der Waals surface area contributed by atoms with Gasteiger partial charge in [0.2, 0.25) is 0 Å². The normalized spacial score (nSPS) is 15.1. The van der Waals surface area contributed by atoms with Crippen LogP contribution in [-0.4, -0.2) is 30.9 Å². The van der Waals surface area contributed by atoms with Gasteiger partial charge < -0.3 is 14.2 Å². The molecule has 0 unspecified atom stereocenters. The second-order valence-corrected chi connectivity index (χ2v) is 9.58. The molecule has 1 atom stereocenters. The number of methoxy groups -OCH3 is 1. The number of fused-ring (bicyclic) bond motifs is 1. The standard InChI is InChI=1S/C26H22BrN3O5S/c1-4-34-25(32)22-15(2)29-26-30(23(22)17-7-10-20(33-3)19(27)14-17)24(31)21(36-26)13-16-5-8-18(9-6-16)35-12-11-28/h5-10,13-14,23H,4,12H2,1-3H3/b21-13+/t23-/m0/s1. The Hall–Kier alpha value is -3.68. The summed E-state index contributed by atoms with van der Waals surface area (Å²) in [6, 6.07) is 13.7. The average Bonchev–Trinajstić information content (AvgIpc) is 3.17. The van der Waals surface area contributed by atoms with Crippen molar-refractivity contribution in [2.24, 2.45) is 4.99 Å². The van der Waals surface area contributed by atoms with Gasteiger partial charge in [-0.3, -0.25) is 9.36 Å². The molecule has 0 amide bonds. The number of nitriles is 1. The molecular formula is C26H22BrN3O5S. The van der Waals surface area contributed by atoms with Crippen LogP contribution in [0.1, 0.15) is 31.0 Å². The largest absolute Gasteiger partial charge is 0.496 e. The Kier molecular flexibility index (Phi) is 7.72. The van der Waals surface area contributed by atoms with Gasteiger partial charge in [-0.15, -0.1) is 0 Å². The van der Waals surface area contributed by atoms with Crippen molar-refractivity contribution in [1.29, 1.82) is 5.26 Å². The highest BCUT2D eigenvalue weighted by atomic mass is 79.9. The summed E-state index contributed by atoms with van der Waals surface area (Å²) in [5.74, 6) is 0.680. The minimum atomic E-state index is -0.716. The molecule has 8 nitrogen and oxygen atoms in total. The molecule has 0 radical (unpaired) electrons. The van der Waals surface area contributed by atoms with Crippen LogP contribution in [0.3, 0.4) is 0 Å². The molecule has 0 spiro atoms. The molecule has 2 aromatic carbocycles. The fraction of sp³-hybridized carbons (Fsp3) is 0.231. The molecule has 4 rings (SSSR count). The Bertz CT molecular complexity index is 1560. The van der Waals surface area contributed by atoms with Gasteiger partial charge in [-0.25, -0.2) is 9.79 Å². The number of aromatic nitrogens is 1. The highest BCUT2D eigenvalue weighted by molar-refractivity contribution is 9.10. The molecule has 36 heavy (non-hydrogen) atoms. The molecule has 1 aliphatic heterocycles. The lowest BCUT2D eigenvalue weighted by molar-refractivity contribution is -0.139. The minimum Gasteiger partial charge on any atom is -0.496 e. The third-order valence-corrected chi connectivity index (χ3v) is 7.09. The maximum Gasteiger partial charge on any atom is 0.338 e. The number of halogens is 1. The van der Waals surface area contributed by atoms with E-state index in [1.165, 1.54) is 15.9 Å². The van der Waals surface area contributed by atoms with Gasteiger partial charge in [0.15, 0.2) is 11.4 Å². The van der Waals surface area contributed by atoms with Crippen molar-refractivity contribution >= 4 is 39.3 Å². The zero-order chi connectivity index (χ0) is 25.8. The lowest BCUT2D eigenvalue weighted by atomic mass is 9.96. The molecule has 2 heterocycles. The van der Waals surface area contributed by atoms with Gasteiger partial charge in [-0.05, 0) is 71.2 Å². The summed E-state index contributed by atoms with van der Waals surface area (Å²) >= 11 is 4.75. The molecule has 1 aromatic heterocycles. The number of benzene rings is 2. The van der Waals surface area contributed by atoms with Crippen molar-refractivity contribution in [3.63, 3.8) is 0 Å². The van der Waals surface area contributed by atoms with Gasteiger partial charge in [0.05, 0.1) is 40.0 Å². The van der Waals surface area contributed by atoms with E-state index in [9.17, 15) is 9.59 Å². The first-order valence-corrected chi connectivity index (χ1v) is 12.6. The van der Waals surface area contributed by atoms with Gasteiger partial charge in [-0.1, -0.05) is 29.5 Å². The van der Waals surface area contributed by atoms with Gasteiger partial charge in [0.1, 0.15) is 17.6 Å². The predicted molar refractivity (Wildman–Crippen MR) is 139 cm³/mol. The van der Waals surface area contributed by atoms with Crippen LogP contribution in [0.15, 0.2) is 68.0 Å². The van der Waals surface area contributed by atoms with Crippen LogP contribution < -0.4 is 24.4 Å². The van der Waals surface area contributed by atoms with E-state index in [1.54, 1.807) is 57.4 Å². The lowest BCUT2D eigenvalue weighted by Crippen LogP contribution is -2.39. The van der Waals surface area contributed by atoms with Gasteiger partial charge in [0, 0.05) is 0 Å². The van der Waals surface area contributed by atoms with Crippen molar-refractivity contribution in [1.82, 2.24) is 4.57 Å². The number of carbonyl (C=O) groups excluding carboxylic acids is 1. The summed E-state index contributed by atoms with van der Waals surface area (Å²) < 4.78 is 18.7.